The molecule has 0 spiro atoms. The summed E-state index contributed by atoms with van der Waals surface area (Å²) in [4.78, 5) is 14.5. The van der Waals surface area contributed by atoms with Crippen molar-refractivity contribution in [3.63, 3.8) is 0 Å². The van der Waals surface area contributed by atoms with Gasteiger partial charge < -0.3 is 14.0 Å². The highest BCUT2D eigenvalue weighted by Gasteiger charge is 2.27. The van der Waals surface area contributed by atoms with E-state index < -0.39 is 0 Å². The van der Waals surface area contributed by atoms with Crippen molar-refractivity contribution in [1.29, 1.82) is 0 Å². The average molecular weight is 351 g/mol. The second-order valence-corrected chi connectivity index (χ2v) is 6.74. The zero-order valence-electron chi connectivity index (χ0n) is 14.7. The molecule has 0 aliphatic carbocycles. The van der Waals surface area contributed by atoms with Crippen LogP contribution < -0.4 is 0 Å². The summed E-state index contributed by atoms with van der Waals surface area (Å²) in [5.41, 5.74) is 1.63. The second kappa shape index (κ2) is 7.11. The predicted molar refractivity (Wildman–Crippen MR) is 95.3 cm³/mol. The van der Waals surface area contributed by atoms with Crippen molar-refractivity contribution in [3.8, 4) is 11.3 Å². The zero-order chi connectivity index (χ0) is 17.9. The van der Waals surface area contributed by atoms with Crippen molar-refractivity contribution in [2.45, 2.75) is 19.3 Å². The van der Waals surface area contributed by atoms with Crippen molar-refractivity contribution in [1.82, 2.24) is 24.8 Å². The molecule has 1 saturated heterocycles. The standard InChI is InChI=1S/C19H21N5O2/c1-23-13-20-21-18(23)11-14-7-9-24(10-8-14)19(25)17-12-16(22-26-17)15-5-3-2-4-6-15/h2-6,12-14H,7-11H2,1H3. The fraction of sp³-hybridized carbons (Fsp3) is 0.368. The van der Waals surface area contributed by atoms with Gasteiger partial charge in [-0.1, -0.05) is 35.5 Å². The van der Waals surface area contributed by atoms with E-state index in [0.717, 1.165) is 43.7 Å². The van der Waals surface area contributed by atoms with E-state index in [1.165, 1.54) is 0 Å². The summed E-state index contributed by atoms with van der Waals surface area (Å²) in [6.45, 7) is 1.45. The molecule has 1 fully saturated rings. The molecule has 26 heavy (non-hydrogen) atoms. The SMILES string of the molecule is Cn1cnnc1CC1CCN(C(=O)c2cc(-c3ccccc3)no2)CC1. The normalized spacial score (nSPS) is 15.3. The first-order valence-corrected chi connectivity index (χ1v) is 8.85. The van der Waals surface area contributed by atoms with Crippen molar-refractivity contribution >= 4 is 5.91 Å². The highest BCUT2D eigenvalue weighted by molar-refractivity contribution is 5.92. The zero-order valence-corrected chi connectivity index (χ0v) is 14.7. The van der Waals surface area contributed by atoms with Gasteiger partial charge in [0.25, 0.3) is 5.91 Å². The molecular formula is C19H21N5O2. The van der Waals surface area contributed by atoms with Gasteiger partial charge in [-0.25, -0.2) is 0 Å². The first kappa shape index (κ1) is 16.5. The van der Waals surface area contributed by atoms with Crippen LogP contribution in [0.3, 0.4) is 0 Å². The lowest BCUT2D eigenvalue weighted by Crippen LogP contribution is -2.38. The molecule has 1 aromatic carbocycles. The lowest BCUT2D eigenvalue weighted by Gasteiger charge is -2.31. The number of aromatic nitrogens is 4. The van der Waals surface area contributed by atoms with Crippen LogP contribution in [0, 0.1) is 5.92 Å². The van der Waals surface area contributed by atoms with Gasteiger partial charge in [0, 0.05) is 38.2 Å². The van der Waals surface area contributed by atoms with Crippen molar-refractivity contribution in [2.75, 3.05) is 13.1 Å². The molecule has 1 amide bonds. The molecule has 0 radical (unpaired) electrons. The van der Waals surface area contributed by atoms with Crippen LogP contribution >= 0.6 is 0 Å². The van der Waals surface area contributed by atoms with Gasteiger partial charge in [-0.2, -0.15) is 0 Å². The van der Waals surface area contributed by atoms with E-state index >= 15 is 0 Å². The van der Waals surface area contributed by atoms with Crippen LogP contribution in [0.15, 0.2) is 47.2 Å². The summed E-state index contributed by atoms with van der Waals surface area (Å²) >= 11 is 0. The minimum Gasteiger partial charge on any atom is -0.350 e. The van der Waals surface area contributed by atoms with E-state index in [4.69, 9.17) is 4.52 Å². The van der Waals surface area contributed by atoms with Gasteiger partial charge in [0.05, 0.1) is 0 Å². The molecule has 7 nitrogen and oxygen atoms in total. The van der Waals surface area contributed by atoms with E-state index in [0.29, 0.717) is 17.4 Å². The Balaban J connectivity index is 1.37. The summed E-state index contributed by atoms with van der Waals surface area (Å²) in [7, 11) is 1.96. The van der Waals surface area contributed by atoms with Gasteiger partial charge in [0.1, 0.15) is 17.8 Å². The molecule has 0 N–H and O–H groups in total. The van der Waals surface area contributed by atoms with Crippen LogP contribution in [0.2, 0.25) is 0 Å². The minimum atomic E-state index is -0.0863. The molecule has 1 aliphatic heterocycles. The number of hydrogen-bond donors (Lipinski definition) is 0. The predicted octanol–water partition coefficient (Wildman–Crippen LogP) is 2.57. The molecule has 1 aliphatic rings. The largest absolute Gasteiger partial charge is 0.350 e. The van der Waals surface area contributed by atoms with Gasteiger partial charge >= 0.3 is 0 Å². The molecule has 3 heterocycles. The maximum absolute atomic E-state index is 12.7. The molecule has 134 valence electrons. The Morgan fingerprint density at radius 3 is 2.69 bits per heavy atom. The average Bonchev–Trinajstić information content (AvgIpc) is 3.32. The van der Waals surface area contributed by atoms with Gasteiger partial charge in [-0.3, -0.25) is 4.79 Å². The van der Waals surface area contributed by atoms with Crippen LogP contribution in [-0.4, -0.2) is 43.8 Å². The third-order valence-corrected chi connectivity index (χ3v) is 4.97. The highest BCUT2D eigenvalue weighted by Crippen LogP contribution is 2.24. The topological polar surface area (TPSA) is 77.1 Å². The van der Waals surface area contributed by atoms with Crippen molar-refractivity contribution < 1.29 is 9.32 Å². The summed E-state index contributed by atoms with van der Waals surface area (Å²) in [5.74, 6) is 1.74. The molecule has 2 aromatic heterocycles. The highest BCUT2D eigenvalue weighted by atomic mass is 16.5. The smallest absolute Gasteiger partial charge is 0.292 e. The summed E-state index contributed by atoms with van der Waals surface area (Å²) < 4.78 is 7.25. The molecule has 0 atom stereocenters. The lowest BCUT2D eigenvalue weighted by atomic mass is 9.93. The van der Waals surface area contributed by atoms with Crippen molar-refractivity contribution in [3.05, 3.63) is 54.3 Å². The Kier molecular flexibility index (Phi) is 4.51. The molecular weight excluding hydrogens is 330 g/mol. The van der Waals surface area contributed by atoms with E-state index in [1.807, 2.05) is 46.8 Å². The van der Waals surface area contributed by atoms with Gasteiger partial charge in [0.2, 0.25) is 5.76 Å². The second-order valence-electron chi connectivity index (χ2n) is 6.74. The fourth-order valence-electron chi connectivity index (χ4n) is 3.37. The van der Waals surface area contributed by atoms with E-state index in [9.17, 15) is 4.79 Å². The number of amides is 1. The molecule has 3 aromatic rings. The first-order valence-electron chi connectivity index (χ1n) is 8.85. The third kappa shape index (κ3) is 3.37. The Morgan fingerprint density at radius 2 is 2.00 bits per heavy atom. The first-order chi connectivity index (χ1) is 12.7. The quantitative estimate of drug-likeness (QED) is 0.722. The summed E-state index contributed by atoms with van der Waals surface area (Å²) in [6, 6.07) is 11.4. The fourth-order valence-corrected chi connectivity index (χ4v) is 3.37. The minimum absolute atomic E-state index is 0.0863. The Hall–Kier alpha value is -2.96. The molecule has 7 heteroatoms. The number of carbonyl (C=O) groups excluding carboxylic acids is 1. The van der Waals surface area contributed by atoms with E-state index in [2.05, 4.69) is 15.4 Å². The van der Waals surface area contributed by atoms with Gasteiger partial charge in [-0.15, -0.1) is 10.2 Å². The number of likely N-dealkylation sites (tertiary alicyclic amines) is 1. The number of carbonyl (C=O) groups is 1. The Morgan fingerprint density at radius 1 is 1.23 bits per heavy atom. The van der Waals surface area contributed by atoms with Crippen LogP contribution in [-0.2, 0) is 13.5 Å². The molecule has 4 rings (SSSR count). The van der Waals surface area contributed by atoms with E-state index in [-0.39, 0.29) is 5.91 Å². The van der Waals surface area contributed by atoms with Crippen LogP contribution in [0.1, 0.15) is 29.2 Å². The molecule has 0 bridgehead atoms. The van der Waals surface area contributed by atoms with E-state index in [1.54, 1.807) is 12.4 Å². The van der Waals surface area contributed by atoms with Crippen LogP contribution in [0.25, 0.3) is 11.3 Å². The lowest BCUT2D eigenvalue weighted by molar-refractivity contribution is 0.0648. The number of aryl methyl sites for hydroxylation is 1. The van der Waals surface area contributed by atoms with Gasteiger partial charge in [-0.05, 0) is 18.8 Å². The number of piperidine rings is 1. The summed E-state index contributed by atoms with van der Waals surface area (Å²) in [5, 5.41) is 12.1. The third-order valence-electron chi connectivity index (χ3n) is 4.97. The number of hydrogen-bond acceptors (Lipinski definition) is 5. The number of nitrogens with zero attached hydrogens (tertiary/aromatic N) is 5. The maximum Gasteiger partial charge on any atom is 0.292 e. The maximum atomic E-state index is 12.7. The van der Waals surface area contributed by atoms with Crippen LogP contribution in [0.4, 0.5) is 0 Å². The van der Waals surface area contributed by atoms with Crippen molar-refractivity contribution in [2.24, 2.45) is 13.0 Å². The number of rotatable bonds is 4. The van der Waals surface area contributed by atoms with Gasteiger partial charge in [0.15, 0.2) is 0 Å². The monoisotopic (exact) mass is 351 g/mol. The Labute approximate surface area is 151 Å². The molecule has 0 unspecified atom stereocenters. The summed E-state index contributed by atoms with van der Waals surface area (Å²) in [6.07, 6.45) is 4.54. The Bertz CT molecular complexity index is 878. The molecule has 0 saturated carbocycles. The number of benzene rings is 1. The van der Waals surface area contributed by atoms with Crippen LogP contribution in [0.5, 0.6) is 0 Å².